The number of imide groups is 2. The standard InChI is InChI=1S/2C11H13NO2.CH4/c2*1-12-10(13)8-6-3-7(5-2-4(5)6)9(8)11(12)14;/h2*4-9H,2-3H2,1H3;1H4/t4-,5+,6?,7?,8-,9+;4-,5-,6?,7?,8-,9+;/m.0./s1. The number of carbonyl (C=O) groups excluding carboxylic acids is 4. The predicted octanol–water partition coefficient (Wildman–Crippen LogP) is 1.64. The van der Waals surface area contributed by atoms with Crippen LogP contribution in [0.15, 0.2) is 0 Å². The molecule has 4 amide bonds. The average Bonchev–Trinajstić information content (AvgIpc) is 3.47. The van der Waals surface area contributed by atoms with E-state index in [1.54, 1.807) is 14.1 Å². The number of likely N-dealkylation sites (tertiary alicyclic amines) is 2. The van der Waals surface area contributed by atoms with Crippen LogP contribution in [0.1, 0.15) is 33.1 Å². The molecule has 2 aliphatic heterocycles. The first-order chi connectivity index (χ1) is 13.4. The number of hydrogen-bond acceptors (Lipinski definition) is 4. The van der Waals surface area contributed by atoms with Gasteiger partial charge in [-0.05, 0) is 73.0 Å². The zero-order valence-corrected chi connectivity index (χ0v) is 16.3. The van der Waals surface area contributed by atoms with E-state index in [0.29, 0.717) is 23.7 Å². The number of nitrogens with zero attached hydrogens (tertiary/aromatic N) is 2. The zero-order valence-electron chi connectivity index (χ0n) is 16.3. The minimum absolute atomic E-state index is 0. The Kier molecular flexibility index (Phi) is 3.31. The van der Waals surface area contributed by atoms with Crippen molar-refractivity contribution < 1.29 is 19.2 Å². The highest BCUT2D eigenvalue weighted by Gasteiger charge is 2.72. The molecule has 0 aromatic heterocycles. The smallest absolute Gasteiger partial charge is 0.233 e. The first kappa shape index (κ1) is 18.1. The van der Waals surface area contributed by atoms with Gasteiger partial charge in [-0.15, -0.1) is 0 Å². The van der Waals surface area contributed by atoms with Crippen molar-refractivity contribution in [2.45, 2.75) is 33.1 Å². The fourth-order valence-electron chi connectivity index (χ4n) is 8.94. The van der Waals surface area contributed by atoms with Crippen LogP contribution < -0.4 is 0 Å². The van der Waals surface area contributed by atoms with E-state index in [9.17, 15) is 19.2 Å². The maximum Gasteiger partial charge on any atom is 0.233 e. The van der Waals surface area contributed by atoms with E-state index in [2.05, 4.69) is 0 Å². The Morgan fingerprint density at radius 1 is 0.483 bits per heavy atom. The van der Waals surface area contributed by atoms with Gasteiger partial charge < -0.3 is 0 Å². The van der Waals surface area contributed by atoms with Gasteiger partial charge in [0, 0.05) is 14.1 Å². The fraction of sp³-hybridized carbons (Fsp3) is 0.826. The molecule has 6 aliphatic carbocycles. The molecule has 4 bridgehead atoms. The Labute approximate surface area is 171 Å². The van der Waals surface area contributed by atoms with E-state index in [1.807, 2.05) is 0 Å². The maximum atomic E-state index is 11.9. The van der Waals surface area contributed by atoms with Crippen LogP contribution in [-0.4, -0.2) is 47.5 Å². The van der Waals surface area contributed by atoms with Gasteiger partial charge in [-0.3, -0.25) is 29.0 Å². The topological polar surface area (TPSA) is 74.8 Å². The lowest BCUT2D eigenvalue weighted by atomic mass is 9.81. The quantitative estimate of drug-likeness (QED) is 0.582. The Morgan fingerprint density at radius 2 is 0.690 bits per heavy atom. The Hall–Kier alpha value is -1.72. The molecule has 6 heteroatoms. The average molecular weight is 399 g/mol. The highest BCUT2D eigenvalue weighted by molar-refractivity contribution is 6.06. The van der Waals surface area contributed by atoms with Crippen molar-refractivity contribution in [3.8, 4) is 0 Å². The van der Waals surface area contributed by atoms with Crippen molar-refractivity contribution in [3.63, 3.8) is 0 Å². The second kappa shape index (κ2) is 5.30. The van der Waals surface area contributed by atoms with Crippen LogP contribution in [-0.2, 0) is 19.2 Å². The lowest BCUT2D eigenvalue weighted by Gasteiger charge is -2.18. The summed E-state index contributed by atoms with van der Waals surface area (Å²) in [5.41, 5.74) is 0. The van der Waals surface area contributed by atoms with E-state index >= 15 is 0 Å². The third kappa shape index (κ3) is 1.90. The van der Waals surface area contributed by atoms with Gasteiger partial charge in [0.1, 0.15) is 0 Å². The largest absolute Gasteiger partial charge is 0.285 e. The van der Waals surface area contributed by atoms with Gasteiger partial charge in [-0.1, -0.05) is 7.43 Å². The van der Waals surface area contributed by atoms with Crippen molar-refractivity contribution in [3.05, 3.63) is 0 Å². The molecule has 2 saturated heterocycles. The van der Waals surface area contributed by atoms with Gasteiger partial charge in [0.25, 0.3) is 0 Å². The maximum absolute atomic E-state index is 11.9. The van der Waals surface area contributed by atoms with Crippen LogP contribution in [0.3, 0.4) is 0 Å². The summed E-state index contributed by atoms with van der Waals surface area (Å²) in [6, 6.07) is 0. The summed E-state index contributed by atoms with van der Waals surface area (Å²) in [7, 11) is 3.29. The molecule has 29 heavy (non-hydrogen) atoms. The molecule has 8 fully saturated rings. The van der Waals surface area contributed by atoms with Gasteiger partial charge in [-0.25, -0.2) is 0 Å². The molecular formula is C23H30N2O4. The lowest BCUT2D eigenvalue weighted by molar-refractivity contribution is -0.140. The summed E-state index contributed by atoms with van der Waals surface area (Å²) >= 11 is 0. The molecule has 12 atom stereocenters. The minimum Gasteiger partial charge on any atom is -0.285 e. The zero-order chi connectivity index (χ0) is 19.2. The molecule has 4 unspecified atom stereocenters. The van der Waals surface area contributed by atoms with Crippen LogP contribution in [0.4, 0.5) is 0 Å². The van der Waals surface area contributed by atoms with Gasteiger partial charge in [0.2, 0.25) is 23.6 Å². The van der Waals surface area contributed by atoms with Gasteiger partial charge in [-0.2, -0.15) is 0 Å². The van der Waals surface area contributed by atoms with Crippen molar-refractivity contribution in [1.29, 1.82) is 0 Å². The normalized spacial score (nSPS) is 55.9. The van der Waals surface area contributed by atoms with Gasteiger partial charge >= 0.3 is 0 Å². The molecule has 0 aromatic carbocycles. The van der Waals surface area contributed by atoms with E-state index < -0.39 is 0 Å². The summed E-state index contributed by atoms with van der Waals surface area (Å²) in [5, 5.41) is 0. The summed E-state index contributed by atoms with van der Waals surface area (Å²) < 4.78 is 0. The van der Waals surface area contributed by atoms with E-state index in [-0.39, 0.29) is 54.7 Å². The second-order valence-corrected chi connectivity index (χ2v) is 10.8. The highest BCUT2D eigenvalue weighted by Crippen LogP contribution is 2.72. The first-order valence-corrected chi connectivity index (χ1v) is 11.0. The van der Waals surface area contributed by atoms with Crippen LogP contribution in [0.5, 0.6) is 0 Å². The molecular weight excluding hydrogens is 368 g/mol. The molecule has 0 aromatic rings. The minimum atomic E-state index is 0. The fourth-order valence-corrected chi connectivity index (χ4v) is 8.94. The molecule has 6 nitrogen and oxygen atoms in total. The number of carbonyl (C=O) groups is 4. The first-order valence-electron chi connectivity index (χ1n) is 11.0. The number of rotatable bonds is 0. The van der Waals surface area contributed by atoms with E-state index in [4.69, 9.17) is 0 Å². The van der Waals surface area contributed by atoms with Crippen LogP contribution in [0.2, 0.25) is 0 Å². The van der Waals surface area contributed by atoms with Crippen LogP contribution >= 0.6 is 0 Å². The Balaban J connectivity index is 0.000000110. The SMILES string of the molecule is C.CN1C(=O)[C@@H]2C3CC([C@H]4C[C@@H]34)[C@@H]2C1=O.CN1C(=O)[C@@H]2C3CC([C@H]4C[C@H]34)[C@@H]2C1=O. The Morgan fingerprint density at radius 3 is 0.931 bits per heavy atom. The van der Waals surface area contributed by atoms with Crippen molar-refractivity contribution >= 4 is 23.6 Å². The third-order valence-corrected chi connectivity index (χ3v) is 10.2. The molecule has 0 spiro atoms. The van der Waals surface area contributed by atoms with E-state index in [1.165, 1.54) is 22.6 Å². The molecule has 6 saturated carbocycles. The third-order valence-electron chi connectivity index (χ3n) is 10.2. The van der Waals surface area contributed by atoms with Gasteiger partial charge in [0.05, 0.1) is 23.7 Å². The summed E-state index contributed by atoms with van der Waals surface area (Å²) in [5.74, 6) is 6.28. The van der Waals surface area contributed by atoms with E-state index in [0.717, 1.165) is 36.5 Å². The van der Waals surface area contributed by atoms with Crippen LogP contribution in [0, 0.1) is 71.0 Å². The summed E-state index contributed by atoms with van der Waals surface area (Å²) in [6.07, 6.45) is 4.92. The van der Waals surface area contributed by atoms with Crippen molar-refractivity contribution in [2.24, 2.45) is 71.0 Å². The van der Waals surface area contributed by atoms with Crippen molar-refractivity contribution in [2.75, 3.05) is 14.1 Å². The summed E-state index contributed by atoms with van der Waals surface area (Å²) in [6.45, 7) is 0. The Bertz CT molecular complexity index is 735. The molecule has 8 rings (SSSR count). The summed E-state index contributed by atoms with van der Waals surface area (Å²) in [4.78, 5) is 50.2. The lowest BCUT2D eigenvalue weighted by Crippen LogP contribution is -2.28. The van der Waals surface area contributed by atoms with Crippen LogP contribution in [0.25, 0.3) is 0 Å². The van der Waals surface area contributed by atoms with Crippen molar-refractivity contribution in [1.82, 2.24) is 9.80 Å². The molecule has 0 radical (unpaired) electrons. The highest BCUT2D eigenvalue weighted by atomic mass is 16.2. The number of fused-ring (bicyclic) bond motifs is 16. The molecule has 156 valence electrons. The molecule has 0 N–H and O–H groups in total. The number of amides is 4. The van der Waals surface area contributed by atoms with Gasteiger partial charge in [0.15, 0.2) is 0 Å². The molecule has 2 heterocycles. The molecule has 8 aliphatic rings. The number of hydrogen-bond donors (Lipinski definition) is 0. The predicted molar refractivity (Wildman–Crippen MR) is 103 cm³/mol. The second-order valence-electron chi connectivity index (χ2n) is 10.8. The monoisotopic (exact) mass is 398 g/mol.